The van der Waals surface area contributed by atoms with Gasteiger partial charge in [0.15, 0.2) is 0 Å². The van der Waals surface area contributed by atoms with Gasteiger partial charge in [-0.25, -0.2) is 4.98 Å². The van der Waals surface area contributed by atoms with Crippen molar-refractivity contribution in [2.75, 3.05) is 6.54 Å². The minimum Gasteiger partial charge on any atom is -0.339 e. The maximum Gasteiger partial charge on any atom is 0.262 e. The lowest BCUT2D eigenvalue weighted by Gasteiger charge is -2.44. The molecule has 5 rings (SSSR count). The van der Waals surface area contributed by atoms with Gasteiger partial charge in [-0.3, -0.25) is 14.2 Å². The van der Waals surface area contributed by atoms with Crippen LogP contribution in [0, 0.1) is 12.8 Å². The number of likely N-dealkylation sites (tertiary alicyclic amines) is 1. The molecule has 3 aromatic rings. The first-order valence-corrected chi connectivity index (χ1v) is 12.3. The van der Waals surface area contributed by atoms with Gasteiger partial charge in [0.05, 0.1) is 11.7 Å². The first kappa shape index (κ1) is 20.4. The number of rotatable bonds is 4. The van der Waals surface area contributed by atoms with Gasteiger partial charge < -0.3 is 4.90 Å². The third kappa shape index (κ3) is 3.93. The highest BCUT2D eigenvalue weighted by atomic mass is 32.1. The average molecular weight is 436 g/mol. The van der Waals surface area contributed by atoms with E-state index in [1.807, 2.05) is 17.5 Å². The summed E-state index contributed by atoms with van der Waals surface area (Å²) in [5.74, 6) is 0.864. The molecule has 2 aliphatic rings. The van der Waals surface area contributed by atoms with E-state index in [1.165, 1.54) is 42.6 Å². The third-order valence-corrected chi connectivity index (χ3v) is 7.94. The summed E-state index contributed by atoms with van der Waals surface area (Å²) in [4.78, 5) is 33.7. The fourth-order valence-electron chi connectivity index (χ4n) is 5.37. The van der Waals surface area contributed by atoms with E-state index in [0.717, 1.165) is 35.3 Å². The van der Waals surface area contributed by atoms with Crippen molar-refractivity contribution in [1.82, 2.24) is 14.5 Å². The predicted molar refractivity (Wildman–Crippen MR) is 125 cm³/mol. The largest absolute Gasteiger partial charge is 0.339 e. The molecule has 2 aromatic heterocycles. The van der Waals surface area contributed by atoms with Crippen LogP contribution in [0.5, 0.6) is 0 Å². The smallest absolute Gasteiger partial charge is 0.262 e. The Labute approximate surface area is 186 Å². The van der Waals surface area contributed by atoms with Gasteiger partial charge in [-0.2, -0.15) is 0 Å². The number of thiophene rings is 1. The molecule has 1 amide bonds. The average Bonchev–Trinajstić information content (AvgIpc) is 3.23. The number of benzene rings is 1. The molecular weight excluding hydrogens is 406 g/mol. The molecule has 2 atom stereocenters. The summed E-state index contributed by atoms with van der Waals surface area (Å²) >= 11 is 1.50. The molecule has 3 heterocycles. The Kier molecular flexibility index (Phi) is 5.65. The minimum absolute atomic E-state index is 0.0520. The summed E-state index contributed by atoms with van der Waals surface area (Å²) in [5, 5.41) is 2.67. The van der Waals surface area contributed by atoms with Crippen LogP contribution in [0.2, 0.25) is 0 Å². The van der Waals surface area contributed by atoms with Gasteiger partial charge >= 0.3 is 0 Å². The van der Waals surface area contributed by atoms with E-state index in [0.29, 0.717) is 30.3 Å². The fourth-order valence-corrected chi connectivity index (χ4v) is 6.27. The van der Waals surface area contributed by atoms with E-state index in [9.17, 15) is 9.59 Å². The standard InChI is InChI=1S/C25H29N3O2S/c1-17-8-10-18(11-9-17)20-15-31-24-23(20)25(30)27(16-26-24)14-12-22(29)28-13-4-6-19-5-2-3-7-21(19)28/h8-11,15-16,19,21H,2-7,12-14H2,1H3. The van der Waals surface area contributed by atoms with Crippen LogP contribution >= 0.6 is 11.3 Å². The third-order valence-electron chi connectivity index (χ3n) is 7.05. The quantitative estimate of drug-likeness (QED) is 0.579. The van der Waals surface area contributed by atoms with Crippen molar-refractivity contribution >= 4 is 27.5 Å². The van der Waals surface area contributed by atoms with Gasteiger partial charge in [0.2, 0.25) is 5.91 Å². The first-order valence-electron chi connectivity index (χ1n) is 11.4. The number of amides is 1. The molecule has 162 valence electrons. The zero-order valence-corrected chi connectivity index (χ0v) is 18.9. The first-order chi connectivity index (χ1) is 15.1. The van der Waals surface area contributed by atoms with Crippen LogP contribution in [0.4, 0.5) is 0 Å². The molecule has 2 fully saturated rings. The van der Waals surface area contributed by atoms with Crippen molar-refractivity contribution < 1.29 is 4.79 Å². The van der Waals surface area contributed by atoms with Gasteiger partial charge in [0, 0.05) is 36.5 Å². The Hall–Kier alpha value is -2.47. The summed E-state index contributed by atoms with van der Waals surface area (Å²) in [6.45, 7) is 3.31. The molecule has 6 heteroatoms. The van der Waals surface area contributed by atoms with Gasteiger partial charge in [0.1, 0.15) is 4.83 Å². The monoisotopic (exact) mass is 435 g/mol. The van der Waals surface area contributed by atoms with Crippen molar-refractivity contribution in [3.8, 4) is 11.1 Å². The van der Waals surface area contributed by atoms with E-state index < -0.39 is 0 Å². The normalized spacial score (nSPS) is 21.3. The van der Waals surface area contributed by atoms with E-state index in [1.54, 1.807) is 10.9 Å². The van der Waals surface area contributed by atoms with Crippen LogP contribution in [-0.4, -0.2) is 32.9 Å². The fraction of sp³-hybridized carbons (Fsp3) is 0.480. The van der Waals surface area contributed by atoms with Crippen molar-refractivity contribution in [2.45, 2.75) is 64.5 Å². The SMILES string of the molecule is Cc1ccc(-c2csc3ncn(CCC(=O)N4CCCC5CCCCC54)c(=O)c23)cc1. The second-order valence-corrected chi connectivity index (χ2v) is 9.89. The highest BCUT2D eigenvalue weighted by molar-refractivity contribution is 7.17. The maximum atomic E-state index is 13.3. The molecule has 1 saturated carbocycles. The lowest BCUT2D eigenvalue weighted by atomic mass is 9.78. The van der Waals surface area contributed by atoms with Gasteiger partial charge in [-0.1, -0.05) is 42.7 Å². The van der Waals surface area contributed by atoms with Crippen LogP contribution in [-0.2, 0) is 11.3 Å². The van der Waals surface area contributed by atoms with Gasteiger partial charge in [0.25, 0.3) is 5.56 Å². The van der Waals surface area contributed by atoms with Gasteiger partial charge in [-0.05, 0) is 44.1 Å². The summed E-state index contributed by atoms with van der Waals surface area (Å²) in [7, 11) is 0. The van der Waals surface area contributed by atoms with Crippen LogP contribution in [0.15, 0.2) is 40.8 Å². The molecule has 1 aromatic carbocycles. The van der Waals surface area contributed by atoms with Crippen LogP contribution in [0.3, 0.4) is 0 Å². The van der Waals surface area contributed by atoms with Crippen molar-refractivity contribution in [2.24, 2.45) is 5.92 Å². The van der Waals surface area contributed by atoms with E-state index in [4.69, 9.17) is 0 Å². The molecule has 0 radical (unpaired) electrons. The molecule has 5 nitrogen and oxygen atoms in total. The lowest BCUT2D eigenvalue weighted by Crippen LogP contribution is -2.49. The predicted octanol–water partition coefficient (Wildman–Crippen LogP) is 5.00. The van der Waals surface area contributed by atoms with E-state index >= 15 is 0 Å². The zero-order chi connectivity index (χ0) is 21.4. The summed E-state index contributed by atoms with van der Waals surface area (Å²) in [5.41, 5.74) is 3.10. The highest BCUT2D eigenvalue weighted by Gasteiger charge is 2.35. The van der Waals surface area contributed by atoms with Crippen molar-refractivity contribution in [3.05, 3.63) is 51.9 Å². The molecule has 0 bridgehead atoms. The number of nitrogens with zero attached hydrogens (tertiary/aromatic N) is 3. The molecule has 0 spiro atoms. The Morgan fingerprint density at radius 1 is 1.13 bits per heavy atom. The van der Waals surface area contributed by atoms with E-state index in [-0.39, 0.29) is 11.5 Å². The van der Waals surface area contributed by atoms with E-state index in [2.05, 4.69) is 28.9 Å². The highest BCUT2D eigenvalue weighted by Crippen LogP contribution is 2.35. The van der Waals surface area contributed by atoms with Crippen LogP contribution in [0.1, 0.15) is 50.5 Å². The molecule has 0 N–H and O–H groups in total. The Balaban J connectivity index is 1.36. The number of piperidine rings is 1. The number of carbonyl (C=O) groups is 1. The number of carbonyl (C=O) groups excluding carboxylic acids is 1. The number of hydrogen-bond donors (Lipinski definition) is 0. The molecule has 1 aliphatic heterocycles. The second-order valence-electron chi connectivity index (χ2n) is 9.03. The van der Waals surface area contributed by atoms with Crippen molar-refractivity contribution in [3.63, 3.8) is 0 Å². The Morgan fingerprint density at radius 3 is 2.74 bits per heavy atom. The molecule has 1 aliphatic carbocycles. The summed E-state index contributed by atoms with van der Waals surface area (Å²) in [6.07, 6.45) is 9.25. The maximum absolute atomic E-state index is 13.3. The molecule has 31 heavy (non-hydrogen) atoms. The van der Waals surface area contributed by atoms with Crippen molar-refractivity contribution in [1.29, 1.82) is 0 Å². The number of hydrogen-bond acceptors (Lipinski definition) is 4. The van der Waals surface area contributed by atoms with Crippen LogP contribution in [0.25, 0.3) is 21.3 Å². The van der Waals surface area contributed by atoms with Gasteiger partial charge in [-0.15, -0.1) is 11.3 Å². The summed E-state index contributed by atoms with van der Waals surface area (Å²) < 4.78 is 1.62. The minimum atomic E-state index is -0.0520. The topological polar surface area (TPSA) is 55.2 Å². The number of aryl methyl sites for hydroxylation is 2. The molecular formula is C25H29N3O2S. The second kappa shape index (κ2) is 8.58. The Morgan fingerprint density at radius 2 is 1.90 bits per heavy atom. The summed E-state index contributed by atoms with van der Waals surface area (Å²) in [6, 6.07) is 8.63. The van der Waals surface area contributed by atoms with Crippen LogP contribution < -0.4 is 5.56 Å². The Bertz CT molecular complexity index is 1150. The lowest BCUT2D eigenvalue weighted by molar-refractivity contribution is -0.137. The number of aromatic nitrogens is 2. The molecule has 2 unspecified atom stereocenters. The number of fused-ring (bicyclic) bond motifs is 2. The zero-order valence-electron chi connectivity index (χ0n) is 18.0. The molecule has 1 saturated heterocycles.